The fourth-order valence-electron chi connectivity index (χ4n) is 1.16. The summed E-state index contributed by atoms with van der Waals surface area (Å²) in [4.78, 5) is 11.5. The standard InChI is InChI=1S/C9H11NO2/c1-6-2-3-7(12-6)8(11)9(10)4-5-9/h2-3H,4-5,10H2,1H3. The molecule has 3 nitrogen and oxygen atoms in total. The highest BCUT2D eigenvalue weighted by Gasteiger charge is 2.47. The predicted molar refractivity (Wildman–Crippen MR) is 43.9 cm³/mol. The van der Waals surface area contributed by atoms with Crippen molar-refractivity contribution in [1.82, 2.24) is 0 Å². The molecule has 0 bridgehead atoms. The Morgan fingerprint density at radius 1 is 1.58 bits per heavy atom. The molecular formula is C9H11NO2. The van der Waals surface area contributed by atoms with Crippen molar-refractivity contribution in [2.75, 3.05) is 0 Å². The molecule has 1 aromatic rings. The van der Waals surface area contributed by atoms with Gasteiger partial charge in [0, 0.05) is 0 Å². The van der Waals surface area contributed by atoms with Crippen molar-refractivity contribution in [1.29, 1.82) is 0 Å². The van der Waals surface area contributed by atoms with Crippen molar-refractivity contribution in [2.45, 2.75) is 25.3 Å². The van der Waals surface area contributed by atoms with Crippen molar-refractivity contribution in [3.8, 4) is 0 Å². The monoisotopic (exact) mass is 165 g/mol. The zero-order valence-corrected chi connectivity index (χ0v) is 6.96. The van der Waals surface area contributed by atoms with E-state index in [9.17, 15) is 4.79 Å². The molecule has 0 atom stereocenters. The number of hydrogen-bond donors (Lipinski definition) is 1. The average Bonchev–Trinajstić information content (AvgIpc) is 2.62. The number of rotatable bonds is 2. The largest absolute Gasteiger partial charge is 0.458 e. The first-order valence-corrected chi connectivity index (χ1v) is 4.02. The molecule has 2 N–H and O–H groups in total. The van der Waals surface area contributed by atoms with E-state index in [0.29, 0.717) is 5.76 Å². The predicted octanol–water partition coefficient (Wildman–Crippen LogP) is 1.26. The van der Waals surface area contributed by atoms with Gasteiger partial charge >= 0.3 is 0 Å². The van der Waals surface area contributed by atoms with E-state index < -0.39 is 5.54 Å². The molecular weight excluding hydrogens is 154 g/mol. The molecule has 0 radical (unpaired) electrons. The molecule has 2 rings (SSSR count). The van der Waals surface area contributed by atoms with Crippen LogP contribution in [0.25, 0.3) is 0 Å². The van der Waals surface area contributed by atoms with E-state index in [1.54, 1.807) is 12.1 Å². The Bertz CT molecular complexity index is 323. The zero-order chi connectivity index (χ0) is 8.77. The first-order chi connectivity index (χ1) is 5.62. The van der Waals surface area contributed by atoms with Crippen LogP contribution in [-0.4, -0.2) is 11.3 Å². The third-order valence-electron chi connectivity index (χ3n) is 2.21. The summed E-state index contributed by atoms with van der Waals surface area (Å²) in [6.07, 6.45) is 1.57. The Labute approximate surface area is 70.5 Å². The second-order valence-electron chi connectivity index (χ2n) is 3.40. The summed E-state index contributed by atoms with van der Waals surface area (Å²) in [6, 6.07) is 3.46. The molecule has 12 heavy (non-hydrogen) atoms. The van der Waals surface area contributed by atoms with Crippen LogP contribution in [0.2, 0.25) is 0 Å². The number of furan rings is 1. The van der Waals surface area contributed by atoms with Gasteiger partial charge in [-0.1, -0.05) is 0 Å². The summed E-state index contributed by atoms with van der Waals surface area (Å²) in [5.74, 6) is 1.09. The Kier molecular flexibility index (Phi) is 1.38. The van der Waals surface area contributed by atoms with Gasteiger partial charge in [-0.05, 0) is 31.9 Å². The van der Waals surface area contributed by atoms with Crippen molar-refractivity contribution in [3.63, 3.8) is 0 Å². The van der Waals surface area contributed by atoms with Crippen LogP contribution >= 0.6 is 0 Å². The molecule has 0 unspecified atom stereocenters. The lowest BCUT2D eigenvalue weighted by Gasteiger charge is -2.02. The van der Waals surface area contributed by atoms with Gasteiger partial charge in [-0.25, -0.2) is 0 Å². The highest BCUT2D eigenvalue weighted by Crippen LogP contribution is 2.35. The normalized spacial score (nSPS) is 19.2. The van der Waals surface area contributed by atoms with Crippen LogP contribution in [0.1, 0.15) is 29.2 Å². The van der Waals surface area contributed by atoms with Crippen LogP contribution in [0, 0.1) is 6.92 Å². The average molecular weight is 165 g/mol. The van der Waals surface area contributed by atoms with Gasteiger partial charge in [0.2, 0.25) is 5.78 Å². The van der Waals surface area contributed by atoms with Crippen LogP contribution in [0.5, 0.6) is 0 Å². The molecule has 0 saturated heterocycles. The molecule has 0 amide bonds. The highest BCUT2D eigenvalue weighted by molar-refractivity contribution is 6.03. The lowest BCUT2D eigenvalue weighted by atomic mass is 10.1. The second kappa shape index (κ2) is 2.20. The molecule has 0 aromatic carbocycles. The Morgan fingerprint density at radius 2 is 2.25 bits per heavy atom. The second-order valence-corrected chi connectivity index (χ2v) is 3.40. The number of carbonyl (C=O) groups is 1. The third kappa shape index (κ3) is 1.06. The zero-order valence-electron chi connectivity index (χ0n) is 6.96. The number of nitrogens with two attached hydrogens (primary N) is 1. The fraction of sp³-hybridized carbons (Fsp3) is 0.444. The smallest absolute Gasteiger partial charge is 0.217 e. The van der Waals surface area contributed by atoms with Crippen LogP contribution in [0.4, 0.5) is 0 Å². The maximum atomic E-state index is 11.5. The maximum Gasteiger partial charge on any atom is 0.217 e. The molecule has 3 heteroatoms. The number of ketones is 1. The van der Waals surface area contributed by atoms with Gasteiger partial charge in [-0.3, -0.25) is 4.79 Å². The number of carbonyl (C=O) groups excluding carboxylic acids is 1. The first kappa shape index (κ1) is 7.55. The molecule has 1 heterocycles. The summed E-state index contributed by atoms with van der Waals surface area (Å²) in [5.41, 5.74) is 5.11. The van der Waals surface area contributed by atoms with E-state index >= 15 is 0 Å². The summed E-state index contributed by atoms with van der Waals surface area (Å²) < 4.78 is 5.18. The molecule has 1 aliphatic rings. The van der Waals surface area contributed by atoms with Crippen molar-refractivity contribution < 1.29 is 9.21 Å². The van der Waals surface area contributed by atoms with E-state index in [-0.39, 0.29) is 5.78 Å². The molecule has 1 aromatic heterocycles. The molecule has 1 fully saturated rings. The summed E-state index contributed by atoms with van der Waals surface area (Å²) in [7, 11) is 0. The SMILES string of the molecule is Cc1ccc(C(=O)C2(N)CC2)o1. The van der Waals surface area contributed by atoms with Crippen LogP contribution < -0.4 is 5.73 Å². The Morgan fingerprint density at radius 3 is 2.67 bits per heavy atom. The number of aryl methyl sites for hydroxylation is 1. The van der Waals surface area contributed by atoms with Gasteiger partial charge in [-0.15, -0.1) is 0 Å². The highest BCUT2D eigenvalue weighted by atomic mass is 16.3. The lowest BCUT2D eigenvalue weighted by molar-refractivity contribution is 0.0920. The minimum absolute atomic E-state index is 0.0596. The molecule has 0 aliphatic heterocycles. The third-order valence-corrected chi connectivity index (χ3v) is 2.21. The molecule has 0 spiro atoms. The van der Waals surface area contributed by atoms with Crippen molar-refractivity contribution in [2.24, 2.45) is 5.73 Å². The number of hydrogen-bond acceptors (Lipinski definition) is 3. The van der Waals surface area contributed by atoms with Gasteiger partial charge in [0.25, 0.3) is 0 Å². The maximum absolute atomic E-state index is 11.5. The van der Waals surface area contributed by atoms with Gasteiger partial charge in [0.15, 0.2) is 5.76 Å². The van der Waals surface area contributed by atoms with Gasteiger partial charge in [-0.2, -0.15) is 0 Å². The first-order valence-electron chi connectivity index (χ1n) is 4.02. The van der Waals surface area contributed by atoms with Gasteiger partial charge in [0.05, 0.1) is 5.54 Å². The topological polar surface area (TPSA) is 56.2 Å². The van der Waals surface area contributed by atoms with Crippen LogP contribution in [-0.2, 0) is 0 Å². The summed E-state index contributed by atoms with van der Waals surface area (Å²) >= 11 is 0. The van der Waals surface area contributed by atoms with E-state index in [2.05, 4.69) is 0 Å². The Hall–Kier alpha value is -1.09. The van der Waals surface area contributed by atoms with Crippen molar-refractivity contribution in [3.05, 3.63) is 23.7 Å². The van der Waals surface area contributed by atoms with Crippen molar-refractivity contribution >= 4 is 5.78 Å². The van der Waals surface area contributed by atoms with E-state index in [0.717, 1.165) is 18.6 Å². The Balaban J connectivity index is 2.25. The van der Waals surface area contributed by atoms with Gasteiger partial charge in [0.1, 0.15) is 5.76 Å². The summed E-state index contributed by atoms with van der Waals surface area (Å²) in [5, 5.41) is 0. The minimum atomic E-state index is -0.607. The van der Waals surface area contributed by atoms with E-state index in [4.69, 9.17) is 10.2 Å². The van der Waals surface area contributed by atoms with Crippen LogP contribution in [0.15, 0.2) is 16.5 Å². The minimum Gasteiger partial charge on any atom is -0.458 e. The van der Waals surface area contributed by atoms with E-state index in [1.165, 1.54) is 0 Å². The lowest BCUT2D eigenvalue weighted by Crippen LogP contribution is -2.32. The quantitative estimate of drug-likeness (QED) is 0.671. The van der Waals surface area contributed by atoms with E-state index in [1.807, 2.05) is 6.92 Å². The van der Waals surface area contributed by atoms with Gasteiger partial charge < -0.3 is 10.2 Å². The molecule has 64 valence electrons. The number of Topliss-reactive ketones (excluding diaryl/α,β-unsaturated/α-hetero) is 1. The molecule has 1 saturated carbocycles. The fourth-order valence-corrected chi connectivity index (χ4v) is 1.16. The van der Waals surface area contributed by atoms with Crippen LogP contribution in [0.3, 0.4) is 0 Å². The molecule has 1 aliphatic carbocycles. The summed E-state index contributed by atoms with van der Waals surface area (Å²) in [6.45, 7) is 1.81.